The van der Waals surface area contributed by atoms with Crippen molar-refractivity contribution >= 4 is 0 Å². The molecule has 1 atom stereocenters. The van der Waals surface area contributed by atoms with Crippen LogP contribution in [0.15, 0.2) is 22.7 Å². The molecule has 0 saturated carbocycles. The highest BCUT2D eigenvalue weighted by molar-refractivity contribution is 5.55. The van der Waals surface area contributed by atoms with Crippen LogP contribution in [0.3, 0.4) is 0 Å². The van der Waals surface area contributed by atoms with Crippen molar-refractivity contribution in [3.8, 4) is 17.2 Å². The van der Waals surface area contributed by atoms with Crippen molar-refractivity contribution in [3.63, 3.8) is 0 Å². The fourth-order valence-electron chi connectivity index (χ4n) is 2.30. The first kappa shape index (κ1) is 14.0. The Morgan fingerprint density at radius 3 is 3.10 bits per heavy atom. The number of benzene rings is 1. The largest absolute Gasteiger partial charge is 0.508 e. The second-order valence-electron chi connectivity index (χ2n) is 4.87. The van der Waals surface area contributed by atoms with Gasteiger partial charge in [-0.3, -0.25) is 4.90 Å². The van der Waals surface area contributed by atoms with Crippen LogP contribution in [0.1, 0.15) is 18.9 Å². The van der Waals surface area contributed by atoms with E-state index < -0.39 is 5.82 Å². The predicted molar refractivity (Wildman–Crippen MR) is 72.2 cm³/mol. The maximum Gasteiger partial charge on any atom is 0.261 e. The molecule has 3 rings (SSSR count). The Hall–Kier alpha value is -1.99. The summed E-state index contributed by atoms with van der Waals surface area (Å²) in [6, 6.07) is 3.79. The van der Waals surface area contributed by atoms with Crippen LogP contribution in [-0.2, 0) is 4.74 Å². The van der Waals surface area contributed by atoms with Gasteiger partial charge in [0, 0.05) is 19.2 Å². The van der Waals surface area contributed by atoms with Gasteiger partial charge >= 0.3 is 0 Å². The van der Waals surface area contributed by atoms with Gasteiger partial charge in [0.05, 0.1) is 12.2 Å². The average molecular weight is 293 g/mol. The molecule has 7 heteroatoms. The molecule has 0 spiro atoms. The number of morpholine rings is 1. The molecule has 1 aliphatic heterocycles. The summed E-state index contributed by atoms with van der Waals surface area (Å²) in [6.07, 6.45) is -0.267. The summed E-state index contributed by atoms with van der Waals surface area (Å²) in [6.45, 7) is 5.18. The maximum absolute atomic E-state index is 13.8. The number of nitrogens with zero attached hydrogens (tertiary/aromatic N) is 3. The van der Waals surface area contributed by atoms with Crippen LogP contribution in [0.25, 0.3) is 11.5 Å². The van der Waals surface area contributed by atoms with E-state index in [1.54, 1.807) is 0 Å². The Morgan fingerprint density at radius 2 is 2.33 bits per heavy atom. The lowest BCUT2D eigenvalue weighted by atomic mass is 10.2. The van der Waals surface area contributed by atoms with Crippen molar-refractivity contribution in [2.75, 3.05) is 26.2 Å². The molecule has 1 N–H and O–H groups in total. The van der Waals surface area contributed by atoms with Crippen molar-refractivity contribution in [2.45, 2.75) is 13.0 Å². The van der Waals surface area contributed by atoms with Gasteiger partial charge in [0.25, 0.3) is 5.89 Å². The van der Waals surface area contributed by atoms with E-state index in [-0.39, 0.29) is 23.3 Å². The highest BCUT2D eigenvalue weighted by atomic mass is 19.1. The Balaban J connectivity index is 1.83. The van der Waals surface area contributed by atoms with Gasteiger partial charge in [-0.1, -0.05) is 12.1 Å². The van der Waals surface area contributed by atoms with Gasteiger partial charge in [0.15, 0.2) is 0 Å². The highest BCUT2D eigenvalue weighted by Crippen LogP contribution is 2.27. The Kier molecular flexibility index (Phi) is 3.85. The van der Waals surface area contributed by atoms with Crippen LogP contribution >= 0.6 is 0 Å². The van der Waals surface area contributed by atoms with Gasteiger partial charge in [-0.05, 0) is 18.7 Å². The third-order valence-corrected chi connectivity index (χ3v) is 3.51. The number of likely N-dealkylation sites (N-methyl/N-ethyl adjacent to an activating group) is 1. The summed E-state index contributed by atoms with van der Waals surface area (Å²) in [5, 5.41) is 13.1. The number of hydrogen-bond donors (Lipinski definition) is 1. The summed E-state index contributed by atoms with van der Waals surface area (Å²) in [4.78, 5) is 6.44. The number of rotatable bonds is 3. The summed E-state index contributed by atoms with van der Waals surface area (Å²) in [5.74, 6) is -0.259. The lowest BCUT2D eigenvalue weighted by Gasteiger charge is -2.30. The van der Waals surface area contributed by atoms with Crippen LogP contribution in [0.2, 0.25) is 0 Å². The molecule has 1 unspecified atom stereocenters. The number of phenolic OH excluding ortho intramolecular Hbond substituents is 1. The molecule has 0 aliphatic carbocycles. The molecule has 0 amide bonds. The third kappa shape index (κ3) is 2.88. The monoisotopic (exact) mass is 293 g/mol. The Labute approximate surface area is 121 Å². The van der Waals surface area contributed by atoms with Crippen LogP contribution in [-0.4, -0.2) is 46.4 Å². The molecular weight excluding hydrogens is 277 g/mol. The fourth-order valence-corrected chi connectivity index (χ4v) is 2.30. The fraction of sp³-hybridized carbons (Fsp3) is 0.429. The lowest BCUT2D eigenvalue weighted by molar-refractivity contribution is -0.0334. The molecule has 1 fully saturated rings. The van der Waals surface area contributed by atoms with E-state index >= 15 is 0 Å². The highest BCUT2D eigenvalue weighted by Gasteiger charge is 2.26. The van der Waals surface area contributed by atoms with Crippen molar-refractivity contribution < 1.29 is 18.8 Å². The smallest absolute Gasteiger partial charge is 0.261 e. The van der Waals surface area contributed by atoms with E-state index in [9.17, 15) is 9.50 Å². The third-order valence-electron chi connectivity index (χ3n) is 3.51. The van der Waals surface area contributed by atoms with Gasteiger partial charge < -0.3 is 14.4 Å². The molecule has 112 valence electrons. The minimum Gasteiger partial charge on any atom is -0.508 e. The molecule has 1 aliphatic rings. The first-order chi connectivity index (χ1) is 10.2. The molecular formula is C14H16FN3O3. The zero-order chi connectivity index (χ0) is 14.8. The van der Waals surface area contributed by atoms with Crippen molar-refractivity contribution in [2.24, 2.45) is 0 Å². The second-order valence-corrected chi connectivity index (χ2v) is 4.87. The molecule has 21 heavy (non-hydrogen) atoms. The zero-order valence-corrected chi connectivity index (χ0v) is 11.6. The number of halogens is 1. The first-order valence-corrected chi connectivity index (χ1v) is 6.84. The summed E-state index contributed by atoms with van der Waals surface area (Å²) in [5.41, 5.74) is 0.162. The summed E-state index contributed by atoms with van der Waals surface area (Å²) >= 11 is 0. The van der Waals surface area contributed by atoms with Crippen LogP contribution in [0, 0.1) is 5.82 Å². The van der Waals surface area contributed by atoms with E-state index in [0.29, 0.717) is 19.0 Å². The number of aromatic hydroxyl groups is 1. The number of ether oxygens (including phenoxy) is 1. The first-order valence-electron chi connectivity index (χ1n) is 6.84. The minimum absolute atomic E-state index is 0.0831. The number of hydrogen-bond acceptors (Lipinski definition) is 6. The normalized spacial score (nSPS) is 19.8. The molecule has 0 radical (unpaired) electrons. The zero-order valence-electron chi connectivity index (χ0n) is 11.6. The maximum atomic E-state index is 13.8. The molecule has 6 nitrogen and oxygen atoms in total. The van der Waals surface area contributed by atoms with E-state index in [1.807, 2.05) is 0 Å². The van der Waals surface area contributed by atoms with E-state index in [2.05, 4.69) is 22.0 Å². The van der Waals surface area contributed by atoms with Gasteiger partial charge in [0.2, 0.25) is 5.82 Å². The topological polar surface area (TPSA) is 71.6 Å². The van der Waals surface area contributed by atoms with Crippen LogP contribution in [0.4, 0.5) is 4.39 Å². The van der Waals surface area contributed by atoms with E-state index in [1.165, 1.54) is 12.1 Å². The van der Waals surface area contributed by atoms with Gasteiger partial charge in [-0.15, -0.1) is 0 Å². The molecule has 2 aromatic rings. The van der Waals surface area contributed by atoms with Gasteiger partial charge in [-0.2, -0.15) is 4.98 Å². The lowest BCUT2D eigenvalue weighted by Crippen LogP contribution is -2.38. The number of aromatic nitrogens is 2. The quantitative estimate of drug-likeness (QED) is 0.933. The second kappa shape index (κ2) is 5.79. The standard InChI is InChI=1S/C14H16FN3O3/c1-2-18-5-6-20-12(8-18)13-16-14(21-17-13)10-4-3-9(19)7-11(10)15/h3-4,7,12,19H,2,5-6,8H2,1H3. The van der Waals surface area contributed by atoms with Crippen LogP contribution < -0.4 is 0 Å². The molecule has 0 bridgehead atoms. The van der Waals surface area contributed by atoms with Gasteiger partial charge in [-0.25, -0.2) is 4.39 Å². The molecule has 1 aromatic heterocycles. The van der Waals surface area contributed by atoms with Crippen molar-refractivity contribution in [1.82, 2.24) is 15.0 Å². The average Bonchev–Trinajstić information content (AvgIpc) is 2.97. The Bertz CT molecular complexity index is 632. The SMILES string of the molecule is CCN1CCOC(c2noc(-c3ccc(O)cc3F)n2)C1. The van der Waals surface area contributed by atoms with E-state index in [0.717, 1.165) is 19.2 Å². The van der Waals surface area contributed by atoms with Crippen molar-refractivity contribution in [3.05, 3.63) is 29.8 Å². The summed E-state index contributed by atoms with van der Waals surface area (Å²) in [7, 11) is 0. The minimum atomic E-state index is -0.607. The van der Waals surface area contributed by atoms with Crippen LogP contribution in [0.5, 0.6) is 5.75 Å². The molecule has 1 aromatic carbocycles. The summed E-state index contributed by atoms with van der Waals surface area (Å²) < 4.78 is 24.5. The van der Waals surface area contributed by atoms with E-state index in [4.69, 9.17) is 9.26 Å². The Morgan fingerprint density at radius 1 is 1.48 bits per heavy atom. The van der Waals surface area contributed by atoms with Crippen molar-refractivity contribution in [1.29, 1.82) is 0 Å². The van der Waals surface area contributed by atoms with Gasteiger partial charge in [0.1, 0.15) is 17.7 Å². The molecule has 1 saturated heterocycles. The molecule has 2 heterocycles. The number of phenols is 1. The predicted octanol–water partition coefficient (Wildman–Crippen LogP) is 1.97.